The molecule has 1 amide bonds. The minimum Gasteiger partial charge on any atom is -0.345 e. The van der Waals surface area contributed by atoms with Gasteiger partial charge in [-0.2, -0.15) is 0 Å². The van der Waals surface area contributed by atoms with Crippen molar-refractivity contribution in [2.75, 3.05) is 0 Å². The first-order valence-corrected chi connectivity index (χ1v) is 7.30. The maximum atomic E-state index is 13.7. The molecule has 0 saturated carbocycles. The van der Waals surface area contributed by atoms with E-state index in [-0.39, 0.29) is 11.6 Å². The van der Waals surface area contributed by atoms with E-state index in [1.807, 2.05) is 49.4 Å². The van der Waals surface area contributed by atoms with Gasteiger partial charge in [-0.3, -0.25) is 4.79 Å². The van der Waals surface area contributed by atoms with E-state index in [0.717, 1.165) is 34.5 Å². The smallest absolute Gasteiger partial charge is 0.254 e. The van der Waals surface area contributed by atoms with Gasteiger partial charge in [-0.15, -0.1) is 0 Å². The second kappa shape index (κ2) is 6.16. The lowest BCUT2D eigenvalue weighted by molar-refractivity contribution is 0.0935. The molecular weight excluding hydrogens is 296 g/mol. The molecule has 23 heavy (non-hydrogen) atoms. The van der Waals surface area contributed by atoms with Crippen LogP contribution in [0, 0.1) is 11.6 Å². The number of hydrogen-bond donors (Lipinski definition) is 1. The van der Waals surface area contributed by atoms with Gasteiger partial charge in [-0.05, 0) is 41.5 Å². The van der Waals surface area contributed by atoms with Gasteiger partial charge < -0.3 is 5.32 Å². The predicted octanol–water partition coefficient (Wildman–Crippen LogP) is 4.61. The highest BCUT2D eigenvalue weighted by atomic mass is 19.1. The largest absolute Gasteiger partial charge is 0.345 e. The Hall–Kier alpha value is -2.75. The molecule has 0 saturated heterocycles. The van der Waals surface area contributed by atoms with Gasteiger partial charge >= 0.3 is 0 Å². The number of carbonyl (C=O) groups excluding carboxylic acids is 1. The lowest BCUT2D eigenvalue weighted by atomic mass is 9.99. The lowest BCUT2D eigenvalue weighted by Crippen LogP contribution is -2.27. The molecule has 1 N–H and O–H groups in total. The van der Waals surface area contributed by atoms with Gasteiger partial charge in [0, 0.05) is 0 Å². The van der Waals surface area contributed by atoms with Crippen molar-refractivity contribution in [2.24, 2.45) is 0 Å². The van der Waals surface area contributed by atoms with Crippen LogP contribution in [0.3, 0.4) is 0 Å². The van der Waals surface area contributed by atoms with Crippen molar-refractivity contribution in [1.82, 2.24) is 5.32 Å². The Morgan fingerprint density at radius 1 is 1.00 bits per heavy atom. The molecule has 3 aromatic carbocycles. The Bertz CT molecular complexity index is 871. The van der Waals surface area contributed by atoms with E-state index in [0.29, 0.717) is 0 Å². The molecule has 0 bridgehead atoms. The van der Waals surface area contributed by atoms with Crippen LogP contribution in [0.1, 0.15) is 28.9 Å². The van der Waals surface area contributed by atoms with Crippen LogP contribution in [0.25, 0.3) is 10.8 Å². The first-order chi connectivity index (χ1) is 11.1. The Morgan fingerprint density at radius 3 is 2.57 bits per heavy atom. The molecule has 1 atom stereocenters. The van der Waals surface area contributed by atoms with Crippen molar-refractivity contribution in [3.8, 4) is 0 Å². The van der Waals surface area contributed by atoms with Gasteiger partial charge in [0.2, 0.25) is 0 Å². The van der Waals surface area contributed by atoms with Crippen molar-refractivity contribution in [2.45, 2.75) is 13.0 Å². The molecule has 4 heteroatoms. The number of halogens is 2. The minimum atomic E-state index is -0.742. The molecule has 0 aromatic heterocycles. The van der Waals surface area contributed by atoms with Crippen LogP contribution in [-0.4, -0.2) is 5.91 Å². The average Bonchev–Trinajstić information content (AvgIpc) is 2.56. The third kappa shape index (κ3) is 3.06. The number of amides is 1. The van der Waals surface area contributed by atoms with Gasteiger partial charge in [0.25, 0.3) is 5.91 Å². The average molecular weight is 311 g/mol. The first kappa shape index (κ1) is 15.2. The topological polar surface area (TPSA) is 29.1 Å². The minimum absolute atomic E-state index is 0.294. The van der Waals surface area contributed by atoms with Crippen LogP contribution in [0.4, 0.5) is 8.78 Å². The summed E-state index contributed by atoms with van der Waals surface area (Å²) in [4.78, 5) is 12.2. The van der Waals surface area contributed by atoms with Crippen molar-refractivity contribution in [1.29, 1.82) is 0 Å². The van der Waals surface area contributed by atoms with Gasteiger partial charge in [-0.1, -0.05) is 42.5 Å². The van der Waals surface area contributed by atoms with E-state index in [1.54, 1.807) is 0 Å². The molecule has 0 aliphatic heterocycles. The standard InChI is InChI=1S/C19H15F2NO/c1-12(15-8-4-6-13-5-2-3-7-16(13)15)22-19(23)17-11-14(20)9-10-18(17)21/h2-12H,1H3,(H,22,23). The third-order valence-electron chi connectivity index (χ3n) is 3.81. The summed E-state index contributed by atoms with van der Waals surface area (Å²) < 4.78 is 26.9. The molecule has 0 aliphatic carbocycles. The molecule has 0 radical (unpaired) electrons. The molecule has 3 aromatic rings. The van der Waals surface area contributed by atoms with Crippen LogP contribution >= 0.6 is 0 Å². The molecule has 0 spiro atoms. The SMILES string of the molecule is CC(NC(=O)c1cc(F)ccc1F)c1cccc2ccccc12. The third-order valence-corrected chi connectivity index (χ3v) is 3.81. The Kier molecular flexibility index (Phi) is 4.06. The van der Waals surface area contributed by atoms with E-state index < -0.39 is 17.5 Å². The molecule has 2 nitrogen and oxygen atoms in total. The molecule has 3 rings (SSSR count). The summed E-state index contributed by atoms with van der Waals surface area (Å²) in [7, 11) is 0. The van der Waals surface area contributed by atoms with Crippen LogP contribution in [0.2, 0.25) is 0 Å². The zero-order chi connectivity index (χ0) is 16.4. The number of nitrogens with one attached hydrogen (secondary N) is 1. The highest BCUT2D eigenvalue weighted by Gasteiger charge is 2.17. The normalized spacial score (nSPS) is 12.1. The van der Waals surface area contributed by atoms with Gasteiger partial charge in [0.1, 0.15) is 11.6 Å². The number of rotatable bonds is 3. The van der Waals surface area contributed by atoms with Crippen molar-refractivity contribution in [3.63, 3.8) is 0 Å². The first-order valence-electron chi connectivity index (χ1n) is 7.30. The molecule has 0 fully saturated rings. The summed E-state index contributed by atoms with van der Waals surface area (Å²) in [5.41, 5.74) is 0.630. The number of hydrogen-bond acceptors (Lipinski definition) is 1. The zero-order valence-electron chi connectivity index (χ0n) is 12.5. The second-order valence-electron chi connectivity index (χ2n) is 5.39. The van der Waals surface area contributed by atoms with Gasteiger partial charge in [0.15, 0.2) is 0 Å². The van der Waals surface area contributed by atoms with Crippen molar-refractivity contribution >= 4 is 16.7 Å². The Morgan fingerprint density at radius 2 is 1.74 bits per heavy atom. The van der Waals surface area contributed by atoms with E-state index in [9.17, 15) is 13.6 Å². The van der Waals surface area contributed by atoms with E-state index >= 15 is 0 Å². The zero-order valence-corrected chi connectivity index (χ0v) is 12.5. The van der Waals surface area contributed by atoms with E-state index in [2.05, 4.69) is 5.32 Å². The van der Waals surface area contributed by atoms with Crippen LogP contribution in [0.5, 0.6) is 0 Å². The fourth-order valence-corrected chi connectivity index (χ4v) is 2.65. The summed E-state index contributed by atoms with van der Waals surface area (Å²) in [5, 5.41) is 4.80. The summed E-state index contributed by atoms with van der Waals surface area (Å²) in [6.45, 7) is 1.82. The maximum Gasteiger partial charge on any atom is 0.254 e. The fraction of sp³-hybridized carbons (Fsp3) is 0.105. The Labute approximate surface area is 132 Å². The second-order valence-corrected chi connectivity index (χ2v) is 5.39. The van der Waals surface area contributed by atoms with E-state index in [1.165, 1.54) is 0 Å². The maximum absolute atomic E-state index is 13.7. The summed E-state index contributed by atoms with van der Waals surface area (Å²) >= 11 is 0. The highest BCUT2D eigenvalue weighted by molar-refractivity contribution is 5.95. The number of benzene rings is 3. The number of fused-ring (bicyclic) bond motifs is 1. The van der Waals surface area contributed by atoms with Crippen LogP contribution < -0.4 is 5.32 Å². The van der Waals surface area contributed by atoms with Crippen molar-refractivity contribution < 1.29 is 13.6 Å². The lowest BCUT2D eigenvalue weighted by Gasteiger charge is -2.17. The summed E-state index contributed by atoms with van der Waals surface area (Å²) in [6.07, 6.45) is 0. The van der Waals surface area contributed by atoms with Crippen LogP contribution in [0.15, 0.2) is 60.7 Å². The predicted molar refractivity (Wildman–Crippen MR) is 86.2 cm³/mol. The molecule has 116 valence electrons. The quantitative estimate of drug-likeness (QED) is 0.752. The van der Waals surface area contributed by atoms with Gasteiger partial charge in [0.05, 0.1) is 11.6 Å². The summed E-state index contributed by atoms with van der Waals surface area (Å²) in [6, 6.07) is 16.1. The molecular formula is C19H15F2NO. The van der Waals surface area contributed by atoms with Crippen molar-refractivity contribution in [3.05, 3.63) is 83.4 Å². The fourth-order valence-electron chi connectivity index (χ4n) is 2.65. The van der Waals surface area contributed by atoms with Crippen LogP contribution in [-0.2, 0) is 0 Å². The highest BCUT2D eigenvalue weighted by Crippen LogP contribution is 2.24. The van der Waals surface area contributed by atoms with Gasteiger partial charge in [-0.25, -0.2) is 8.78 Å². The molecule has 0 heterocycles. The summed E-state index contributed by atoms with van der Waals surface area (Å²) in [5.74, 6) is -2.02. The van der Waals surface area contributed by atoms with E-state index in [4.69, 9.17) is 0 Å². The molecule has 1 unspecified atom stereocenters. The Balaban J connectivity index is 1.90. The molecule has 0 aliphatic rings. The monoisotopic (exact) mass is 311 g/mol. The number of carbonyl (C=O) groups is 1.